The van der Waals surface area contributed by atoms with Crippen molar-refractivity contribution < 1.29 is 9.84 Å². The largest absolute Gasteiger partial charge is 0.393 e. The Bertz CT molecular complexity index is 345. The third kappa shape index (κ3) is 3.83. The van der Waals surface area contributed by atoms with Crippen LogP contribution in [0.2, 0.25) is 0 Å². The summed E-state index contributed by atoms with van der Waals surface area (Å²) in [6.45, 7) is 4.93. The molecule has 1 aliphatic rings. The number of aliphatic hydroxyl groups is 1. The van der Waals surface area contributed by atoms with Crippen LogP contribution >= 0.6 is 0 Å². The van der Waals surface area contributed by atoms with Crippen LogP contribution in [0.25, 0.3) is 0 Å². The molecule has 1 aromatic rings. The van der Waals surface area contributed by atoms with E-state index in [1.165, 1.54) is 16.7 Å². The maximum absolute atomic E-state index is 9.43. The number of aliphatic hydroxyl groups excluding tert-OH is 1. The highest BCUT2D eigenvalue weighted by molar-refractivity contribution is 5.28. The van der Waals surface area contributed by atoms with Gasteiger partial charge in [0, 0.05) is 0 Å². The third-order valence-corrected chi connectivity index (χ3v) is 3.41. The van der Waals surface area contributed by atoms with E-state index in [2.05, 4.69) is 32.0 Å². The van der Waals surface area contributed by atoms with Gasteiger partial charge in [-0.15, -0.1) is 0 Å². The fourth-order valence-electron chi connectivity index (χ4n) is 2.58. The molecule has 2 nitrogen and oxygen atoms in total. The summed E-state index contributed by atoms with van der Waals surface area (Å²) in [7, 11) is 0. The van der Waals surface area contributed by atoms with Crippen molar-refractivity contribution in [2.75, 3.05) is 0 Å². The van der Waals surface area contributed by atoms with Gasteiger partial charge in [0.25, 0.3) is 0 Å². The Kier molecular flexibility index (Phi) is 4.19. The Balaban J connectivity index is 1.85. The zero-order chi connectivity index (χ0) is 12.3. The number of ether oxygens (including phenoxy) is 1. The van der Waals surface area contributed by atoms with Crippen LogP contribution in [0.1, 0.15) is 42.4 Å². The molecule has 0 unspecified atom stereocenters. The Hall–Kier alpha value is -0.860. The van der Waals surface area contributed by atoms with Crippen molar-refractivity contribution in [1.82, 2.24) is 0 Å². The van der Waals surface area contributed by atoms with Gasteiger partial charge < -0.3 is 9.84 Å². The van der Waals surface area contributed by atoms with E-state index in [0.717, 1.165) is 25.7 Å². The van der Waals surface area contributed by atoms with Crippen LogP contribution in [-0.2, 0) is 11.3 Å². The van der Waals surface area contributed by atoms with Gasteiger partial charge in [-0.1, -0.05) is 29.3 Å². The second-order valence-corrected chi connectivity index (χ2v) is 5.24. The van der Waals surface area contributed by atoms with Crippen LogP contribution in [0.3, 0.4) is 0 Å². The van der Waals surface area contributed by atoms with Gasteiger partial charge in [0.2, 0.25) is 0 Å². The van der Waals surface area contributed by atoms with Gasteiger partial charge >= 0.3 is 0 Å². The maximum atomic E-state index is 9.43. The molecule has 0 atom stereocenters. The molecule has 0 aliphatic heterocycles. The van der Waals surface area contributed by atoms with Gasteiger partial charge in [-0.25, -0.2) is 0 Å². The van der Waals surface area contributed by atoms with E-state index in [0.29, 0.717) is 12.7 Å². The van der Waals surface area contributed by atoms with Crippen molar-refractivity contribution in [3.8, 4) is 0 Å². The second kappa shape index (κ2) is 5.65. The SMILES string of the molecule is Cc1cc(C)cc(COC2CCC(O)CC2)c1. The molecule has 1 aromatic carbocycles. The molecule has 0 heterocycles. The monoisotopic (exact) mass is 234 g/mol. The smallest absolute Gasteiger partial charge is 0.0720 e. The molecule has 1 aliphatic carbocycles. The fourth-order valence-corrected chi connectivity index (χ4v) is 2.58. The highest BCUT2D eigenvalue weighted by Gasteiger charge is 2.19. The first-order valence-corrected chi connectivity index (χ1v) is 6.50. The molecule has 1 fully saturated rings. The van der Waals surface area contributed by atoms with Crippen LogP contribution in [-0.4, -0.2) is 17.3 Å². The van der Waals surface area contributed by atoms with Crippen molar-refractivity contribution in [3.05, 3.63) is 34.9 Å². The quantitative estimate of drug-likeness (QED) is 0.870. The Morgan fingerprint density at radius 2 is 1.65 bits per heavy atom. The van der Waals surface area contributed by atoms with Gasteiger partial charge in [-0.3, -0.25) is 0 Å². The summed E-state index contributed by atoms with van der Waals surface area (Å²) >= 11 is 0. The fraction of sp³-hybridized carbons (Fsp3) is 0.600. The van der Waals surface area contributed by atoms with Gasteiger partial charge in [-0.2, -0.15) is 0 Å². The molecule has 1 saturated carbocycles. The van der Waals surface area contributed by atoms with Crippen LogP contribution in [0.5, 0.6) is 0 Å². The Labute approximate surface area is 104 Å². The Morgan fingerprint density at radius 1 is 1.06 bits per heavy atom. The van der Waals surface area contributed by atoms with Gasteiger partial charge in [0.05, 0.1) is 18.8 Å². The van der Waals surface area contributed by atoms with E-state index in [1.54, 1.807) is 0 Å². The van der Waals surface area contributed by atoms with E-state index in [-0.39, 0.29) is 6.10 Å². The van der Waals surface area contributed by atoms with Crippen LogP contribution in [0.15, 0.2) is 18.2 Å². The predicted octanol–water partition coefficient (Wildman–Crippen LogP) is 3.12. The van der Waals surface area contributed by atoms with Crippen molar-refractivity contribution in [2.24, 2.45) is 0 Å². The number of aryl methyl sites for hydroxylation is 2. The molecular weight excluding hydrogens is 212 g/mol. The van der Waals surface area contributed by atoms with E-state index >= 15 is 0 Å². The van der Waals surface area contributed by atoms with Gasteiger partial charge in [0.15, 0.2) is 0 Å². The van der Waals surface area contributed by atoms with Crippen LogP contribution in [0, 0.1) is 13.8 Å². The minimum Gasteiger partial charge on any atom is -0.393 e. The normalized spacial score (nSPS) is 24.9. The summed E-state index contributed by atoms with van der Waals surface area (Å²) in [5.41, 5.74) is 3.85. The lowest BCUT2D eigenvalue weighted by molar-refractivity contribution is -0.0118. The molecule has 0 bridgehead atoms. The zero-order valence-corrected chi connectivity index (χ0v) is 10.8. The van der Waals surface area contributed by atoms with E-state index < -0.39 is 0 Å². The summed E-state index contributed by atoms with van der Waals surface area (Å²) in [5.74, 6) is 0. The molecule has 0 saturated heterocycles. The summed E-state index contributed by atoms with van der Waals surface area (Å²) in [6, 6.07) is 6.55. The first kappa shape index (κ1) is 12.6. The molecule has 1 N–H and O–H groups in total. The molecule has 94 valence electrons. The Morgan fingerprint density at radius 3 is 2.24 bits per heavy atom. The van der Waals surface area contributed by atoms with Crippen molar-refractivity contribution in [3.63, 3.8) is 0 Å². The zero-order valence-electron chi connectivity index (χ0n) is 10.8. The average Bonchev–Trinajstić information content (AvgIpc) is 2.27. The molecule has 2 rings (SSSR count). The lowest BCUT2D eigenvalue weighted by Gasteiger charge is -2.25. The molecule has 17 heavy (non-hydrogen) atoms. The molecule has 0 radical (unpaired) electrons. The second-order valence-electron chi connectivity index (χ2n) is 5.24. The van der Waals surface area contributed by atoms with Gasteiger partial charge in [-0.05, 0) is 45.1 Å². The van der Waals surface area contributed by atoms with E-state index in [4.69, 9.17) is 4.74 Å². The lowest BCUT2D eigenvalue weighted by Crippen LogP contribution is -2.24. The lowest BCUT2D eigenvalue weighted by atomic mass is 9.95. The summed E-state index contributed by atoms with van der Waals surface area (Å²) in [5, 5.41) is 9.43. The average molecular weight is 234 g/mol. The van der Waals surface area contributed by atoms with Crippen LogP contribution in [0.4, 0.5) is 0 Å². The molecule has 0 amide bonds. The van der Waals surface area contributed by atoms with Gasteiger partial charge in [0.1, 0.15) is 0 Å². The van der Waals surface area contributed by atoms with Crippen molar-refractivity contribution in [1.29, 1.82) is 0 Å². The minimum absolute atomic E-state index is 0.101. The highest BCUT2D eigenvalue weighted by Crippen LogP contribution is 2.22. The molecule has 2 heteroatoms. The summed E-state index contributed by atoms with van der Waals surface area (Å²) in [4.78, 5) is 0. The maximum Gasteiger partial charge on any atom is 0.0720 e. The molecular formula is C15H22O2. The van der Waals surface area contributed by atoms with E-state index in [9.17, 15) is 5.11 Å². The molecule has 0 spiro atoms. The van der Waals surface area contributed by atoms with Crippen LogP contribution < -0.4 is 0 Å². The minimum atomic E-state index is -0.101. The summed E-state index contributed by atoms with van der Waals surface area (Å²) in [6.07, 6.45) is 3.99. The first-order valence-electron chi connectivity index (χ1n) is 6.50. The van der Waals surface area contributed by atoms with Crippen molar-refractivity contribution in [2.45, 2.75) is 58.3 Å². The first-order chi connectivity index (χ1) is 8.13. The van der Waals surface area contributed by atoms with Crippen molar-refractivity contribution >= 4 is 0 Å². The predicted molar refractivity (Wildman–Crippen MR) is 69.0 cm³/mol. The number of hydrogen-bond donors (Lipinski definition) is 1. The number of benzene rings is 1. The highest BCUT2D eigenvalue weighted by atomic mass is 16.5. The number of hydrogen-bond acceptors (Lipinski definition) is 2. The third-order valence-electron chi connectivity index (χ3n) is 3.41. The topological polar surface area (TPSA) is 29.5 Å². The number of rotatable bonds is 3. The summed E-state index contributed by atoms with van der Waals surface area (Å²) < 4.78 is 5.92. The molecule has 0 aromatic heterocycles. The van der Waals surface area contributed by atoms with E-state index in [1.807, 2.05) is 0 Å². The standard InChI is InChI=1S/C15H22O2/c1-11-7-12(2)9-13(8-11)10-17-15-5-3-14(16)4-6-15/h7-9,14-16H,3-6,10H2,1-2H3.